The molecule has 18 heavy (non-hydrogen) atoms. The number of hydrogen-bond acceptors (Lipinski definition) is 2. The van der Waals surface area contributed by atoms with Crippen LogP contribution in [0, 0.1) is 17.3 Å². The average Bonchev–Trinajstić information content (AvgIpc) is 2.59. The summed E-state index contributed by atoms with van der Waals surface area (Å²) in [4.78, 5) is 12.5. The van der Waals surface area contributed by atoms with Crippen molar-refractivity contribution in [2.45, 2.75) is 79.2 Å². The molecule has 0 radical (unpaired) electrons. The summed E-state index contributed by atoms with van der Waals surface area (Å²) >= 11 is 0. The van der Waals surface area contributed by atoms with E-state index in [0.29, 0.717) is 5.92 Å². The Morgan fingerprint density at radius 1 is 1.22 bits per heavy atom. The van der Waals surface area contributed by atoms with Gasteiger partial charge in [0.2, 0.25) is 0 Å². The first-order valence-corrected chi connectivity index (χ1v) is 7.37. The van der Waals surface area contributed by atoms with Gasteiger partial charge in [-0.1, -0.05) is 34.6 Å². The molecule has 1 unspecified atom stereocenters. The molecule has 1 aliphatic carbocycles. The van der Waals surface area contributed by atoms with Crippen molar-refractivity contribution in [2.24, 2.45) is 17.3 Å². The van der Waals surface area contributed by atoms with Crippen LogP contribution in [0.15, 0.2) is 0 Å². The molecule has 0 aromatic carbocycles. The third-order valence-electron chi connectivity index (χ3n) is 4.05. The molecule has 1 saturated carbocycles. The molecule has 0 aromatic heterocycles. The van der Waals surface area contributed by atoms with E-state index in [1.54, 1.807) is 0 Å². The van der Waals surface area contributed by atoms with Gasteiger partial charge in [0.1, 0.15) is 5.60 Å². The van der Waals surface area contributed by atoms with Crippen LogP contribution in [0.1, 0.15) is 73.6 Å². The summed E-state index contributed by atoms with van der Waals surface area (Å²) in [5.74, 6) is 0.550. The van der Waals surface area contributed by atoms with E-state index in [2.05, 4.69) is 41.5 Å². The number of hydrogen-bond donors (Lipinski definition) is 0. The monoisotopic (exact) mass is 254 g/mol. The van der Waals surface area contributed by atoms with Crippen molar-refractivity contribution in [1.29, 1.82) is 0 Å². The predicted octanol–water partition coefficient (Wildman–Crippen LogP) is 4.57. The molecule has 0 saturated heterocycles. The van der Waals surface area contributed by atoms with Crippen LogP contribution in [0.2, 0.25) is 0 Å². The fraction of sp³-hybridized carbons (Fsp3) is 0.938. The zero-order chi connectivity index (χ0) is 14.0. The Kier molecular flexibility index (Phi) is 4.85. The molecule has 0 aliphatic heterocycles. The fourth-order valence-corrected chi connectivity index (χ4v) is 2.81. The summed E-state index contributed by atoms with van der Waals surface area (Å²) in [6, 6.07) is 0. The first-order valence-electron chi connectivity index (χ1n) is 7.37. The molecular weight excluding hydrogens is 224 g/mol. The van der Waals surface area contributed by atoms with E-state index < -0.39 is 0 Å². The second kappa shape index (κ2) is 5.63. The van der Waals surface area contributed by atoms with Gasteiger partial charge >= 0.3 is 5.97 Å². The second-order valence-electron chi connectivity index (χ2n) is 7.63. The molecule has 1 rings (SSSR count). The first-order chi connectivity index (χ1) is 8.14. The molecule has 0 amide bonds. The highest BCUT2D eigenvalue weighted by atomic mass is 16.6. The van der Waals surface area contributed by atoms with E-state index in [1.807, 2.05) is 0 Å². The van der Waals surface area contributed by atoms with Crippen LogP contribution in [-0.4, -0.2) is 11.6 Å². The number of carbonyl (C=O) groups excluding carboxylic acids is 1. The number of rotatable bonds is 4. The first kappa shape index (κ1) is 15.5. The lowest BCUT2D eigenvalue weighted by Gasteiger charge is -2.34. The van der Waals surface area contributed by atoms with Gasteiger partial charge in [-0.3, -0.25) is 4.79 Å². The van der Waals surface area contributed by atoms with Crippen LogP contribution in [0.3, 0.4) is 0 Å². The summed E-state index contributed by atoms with van der Waals surface area (Å²) < 4.78 is 5.85. The molecule has 0 N–H and O–H groups in total. The SMILES string of the molecule is CC(C)CC(C(=O)OC1(C)CCCC1)C(C)(C)C. The molecule has 0 spiro atoms. The van der Waals surface area contributed by atoms with E-state index in [9.17, 15) is 4.79 Å². The zero-order valence-corrected chi connectivity index (χ0v) is 13.0. The van der Waals surface area contributed by atoms with E-state index in [4.69, 9.17) is 4.74 Å². The van der Waals surface area contributed by atoms with Crippen molar-refractivity contribution in [3.8, 4) is 0 Å². The van der Waals surface area contributed by atoms with E-state index in [1.165, 1.54) is 12.8 Å². The lowest BCUT2D eigenvalue weighted by Crippen LogP contribution is -2.37. The van der Waals surface area contributed by atoms with Gasteiger partial charge in [0, 0.05) is 0 Å². The van der Waals surface area contributed by atoms with Gasteiger partial charge in [0.05, 0.1) is 5.92 Å². The van der Waals surface area contributed by atoms with Crippen LogP contribution in [0.4, 0.5) is 0 Å². The van der Waals surface area contributed by atoms with Gasteiger partial charge in [0.25, 0.3) is 0 Å². The number of carbonyl (C=O) groups is 1. The highest BCUT2D eigenvalue weighted by Gasteiger charge is 2.39. The Labute approximate surface area is 112 Å². The van der Waals surface area contributed by atoms with Crippen molar-refractivity contribution in [3.05, 3.63) is 0 Å². The van der Waals surface area contributed by atoms with E-state index in [-0.39, 0.29) is 22.9 Å². The van der Waals surface area contributed by atoms with Crippen molar-refractivity contribution < 1.29 is 9.53 Å². The van der Waals surface area contributed by atoms with Crippen molar-refractivity contribution >= 4 is 5.97 Å². The van der Waals surface area contributed by atoms with E-state index >= 15 is 0 Å². The van der Waals surface area contributed by atoms with Gasteiger partial charge in [-0.05, 0) is 50.4 Å². The molecule has 1 aliphatic rings. The Morgan fingerprint density at radius 2 is 1.72 bits per heavy atom. The Hall–Kier alpha value is -0.530. The minimum atomic E-state index is -0.197. The van der Waals surface area contributed by atoms with E-state index in [0.717, 1.165) is 19.3 Å². The summed E-state index contributed by atoms with van der Waals surface area (Å²) in [5.41, 5.74) is -0.214. The molecule has 0 heterocycles. The molecule has 0 aromatic rings. The largest absolute Gasteiger partial charge is 0.459 e. The van der Waals surface area contributed by atoms with Gasteiger partial charge < -0.3 is 4.74 Å². The highest BCUT2D eigenvalue weighted by Crippen LogP contribution is 2.37. The maximum atomic E-state index is 12.5. The minimum Gasteiger partial charge on any atom is -0.459 e. The third-order valence-corrected chi connectivity index (χ3v) is 4.05. The maximum absolute atomic E-state index is 12.5. The smallest absolute Gasteiger partial charge is 0.310 e. The second-order valence-corrected chi connectivity index (χ2v) is 7.63. The summed E-state index contributed by atoms with van der Waals surface area (Å²) in [6.45, 7) is 12.8. The third kappa shape index (κ3) is 4.29. The average molecular weight is 254 g/mol. The Bertz CT molecular complexity index is 280. The fourth-order valence-electron chi connectivity index (χ4n) is 2.81. The number of esters is 1. The lowest BCUT2D eigenvalue weighted by atomic mass is 9.76. The topological polar surface area (TPSA) is 26.3 Å². The molecular formula is C16H30O2. The van der Waals surface area contributed by atoms with Gasteiger partial charge in [-0.2, -0.15) is 0 Å². The molecule has 2 nitrogen and oxygen atoms in total. The maximum Gasteiger partial charge on any atom is 0.310 e. The Balaban J connectivity index is 2.70. The molecule has 1 fully saturated rings. The van der Waals surface area contributed by atoms with Gasteiger partial charge in [-0.25, -0.2) is 0 Å². The van der Waals surface area contributed by atoms with Crippen LogP contribution in [-0.2, 0) is 9.53 Å². The zero-order valence-electron chi connectivity index (χ0n) is 13.0. The van der Waals surface area contributed by atoms with Crippen molar-refractivity contribution in [2.75, 3.05) is 0 Å². The van der Waals surface area contributed by atoms with Gasteiger partial charge in [0.15, 0.2) is 0 Å². The van der Waals surface area contributed by atoms with Crippen LogP contribution >= 0.6 is 0 Å². The Morgan fingerprint density at radius 3 is 2.11 bits per heavy atom. The quantitative estimate of drug-likeness (QED) is 0.687. The molecule has 1 atom stereocenters. The standard InChI is InChI=1S/C16H30O2/c1-12(2)11-13(15(3,4)5)14(17)18-16(6)9-7-8-10-16/h12-13H,7-11H2,1-6H3. The summed E-state index contributed by atoms with van der Waals surface area (Å²) in [6.07, 6.45) is 5.34. The highest BCUT2D eigenvalue weighted by molar-refractivity contribution is 5.73. The molecule has 0 bridgehead atoms. The normalized spacial score (nSPS) is 21.1. The number of ether oxygens (including phenoxy) is 1. The van der Waals surface area contributed by atoms with Crippen molar-refractivity contribution in [3.63, 3.8) is 0 Å². The molecule has 106 valence electrons. The van der Waals surface area contributed by atoms with Crippen LogP contribution in [0.5, 0.6) is 0 Å². The molecule has 2 heteroatoms. The summed E-state index contributed by atoms with van der Waals surface area (Å²) in [5, 5.41) is 0. The van der Waals surface area contributed by atoms with Crippen LogP contribution < -0.4 is 0 Å². The summed E-state index contributed by atoms with van der Waals surface area (Å²) in [7, 11) is 0. The van der Waals surface area contributed by atoms with Gasteiger partial charge in [-0.15, -0.1) is 0 Å². The van der Waals surface area contributed by atoms with Crippen LogP contribution in [0.25, 0.3) is 0 Å². The predicted molar refractivity (Wildman–Crippen MR) is 75.4 cm³/mol. The lowest BCUT2D eigenvalue weighted by molar-refractivity contribution is -0.167. The minimum absolute atomic E-state index is 0.00919. The van der Waals surface area contributed by atoms with Crippen molar-refractivity contribution in [1.82, 2.24) is 0 Å².